The zero-order chi connectivity index (χ0) is 15.6. The van der Waals surface area contributed by atoms with Crippen molar-refractivity contribution in [2.75, 3.05) is 14.1 Å². The molecule has 0 bridgehead atoms. The quantitative estimate of drug-likeness (QED) is 0.919. The number of sulfonamides is 1. The van der Waals surface area contributed by atoms with E-state index in [4.69, 9.17) is 4.42 Å². The van der Waals surface area contributed by atoms with E-state index >= 15 is 0 Å². The van der Waals surface area contributed by atoms with Crippen LogP contribution in [-0.4, -0.2) is 38.8 Å². The summed E-state index contributed by atoms with van der Waals surface area (Å²) in [7, 11) is -0.811. The molecule has 118 valence electrons. The van der Waals surface area contributed by atoms with Crippen LogP contribution >= 0.6 is 0 Å². The van der Waals surface area contributed by atoms with Gasteiger partial charge in [0.25, 0.3) is 15.9 Å². The Balaban J connectivity index is 2.09. The molecule has 1 amide bonds. The molecule has 1 fully saturated rings. The SMILES string of the molecule is C[C@@H]1CCCC[C@H]1NC(=O)c1ccc(S(=O)(=O)N(C)C)o1. The average Bonchev–Trinajstić information content (AvgIpc) is 2.91. The van der Waals surface area contributed by atoms with E-state index < -0.39 is 10.0 Å². The minimum atomic E-state index is -3.65. The highest BCUT2D eigenvalue weighted by Crippen LogP contribution is 2.24. The zero-order valence-electron chi connectivity index (χ0n) is 12.6. The van der Waals surface area contributed by atoms with Crippen LogP contribution in [0.5, 0.6) is 0 Å². The van der Waals surface area contributed by atoms with Crippen LogP contribution in [-0.2, 0) is 10.0 Å². The lowest BCUT2D eigenvalue weighted by Gasteiger charge is -2.29. The number of carbonyl (C=O) groups excluding carboxylic acids is 1. The molecule has 0 spiro atoms. The van der Waals surface area contributed by atoms with Crippen LogP contribution in [0.3, 0.4) is 0 Å². The van der Waals surface area contributed by atoms with Gasteiger partial charge in [-0.25, -0.2) is 12.7 Å². The molecule has 1 heterocycles. The Labute approximate surface area is 125 Å². The third kappa shape index (κ3) is 3.47. The first kappa shape index (κ1) is 16.0. The lowest BCUT2D eigenvalue weighted by Crippen LogP contribution is -2.40. The topological polar surface area (TPSA) is 79.6 Å². The van der Waals surface area contributed by atoms with E-state index in [1.807, 2.05) is 0 Å². The molecule has 21 heavy (non-hydrogen) atoms. The van der Waals surface area contributed by atoms with E-state index in [-0.39, 0.29) is 22.8 Å². The molecule has 1 saturated carbocycles. The van der Waals surface area contributed by atoms with Crippen molar-refractivity contribution < 1.29 is 17.6 Å². The van der Waals surface area contributed by atoms with Crippen LogP contribution < -0.4 is 5.32 Å². The van der Waals surface area contributed by atoms with Gasteiger partial charge in [-0.05, 0) is 30.9 Å². The number of carbonyl (C=O) groups is 1. The van der Waals surface area contributed by atoms with Gasteiger partial charge in [0, 0.05) is 20.1 Å². The number of furan rings is 1. The molecule has 1 aromatic rings. The van der Waals surface area contributed by atoms with Crippen molar-refractivity contribution in [3.8, 4) is 0 Å². The third-order valence-electron chi connectivity index (χ3n) is 3.97. The summed E-state index contributed by atoms with van der Waals surface area (Å²) in [5, 5.41) is 2.72. The van der Waals surface area contributed by atoms with Crippen molar-refractivity contribution in [2.24, 2.45) is 5.92 Å². The van der Waals surface area contributed by atoms with E-state index in [2.05, 4.69) is 12.2 Å². The fraction of sp³-hybridized carbons (Fsp3) is 0.643. The van der Waals surface area contributed by atoms with Crippen LogP contribution in [0.4, 0.5) is 0 Å². The van der Waals surface area contributed by atoms with Crippen molar-refractivity contribution in [2.45, 2.75) is 43.7 Å². The minimum Gasteiger partial charge on any atom is -0.438 e. The summed E-state index contributed by atoms with van der Waals surface area (Å²) < 4.78 is 30.1. The van der Waals surface area contributed by atoms with Crippen molar-refractivity contribution in [1.29, 1.82) is 0 Å². The number of nitrogens with zero attached hydrogens (tertiary/aromatic N) is 1. The van der Waals surface area contributed by atoms with Crippen molar-refractivity contribution in [3.05, 3.63) is 17.9 Å². The number of hydrogen-bond acceptors (Lipinski definition) is 4. The van der Waals surface area contributed by atoms with E-state index in [9.17, 15) is 13.2 Å². The van der Waals surface area contributed by atoms with Crippen LogP contribution in [0, 0.1) is 5.92 Å². The van der Waals surface area contributed by atoms with Gasteiger partial charge in [-0.3, -0.25) is 4.79 Å². The second-order valence-corrected chi connectivity index (χ2v) is 7.83. The summed E-state index contributed by atoms with van der Waals surface area (Å²) in [5.41, 5.74) is 0. The van der Waals surface area contributed by atoms with Crippen LogP contribution in [0.25, 0.3) is 0 Å². The van der Waals surface area contributed by atoms with E-state index in [1.165, 1.54) is 32.6 Å². The average molecular weight is 314 g/mol. The second-order valence-electron chi connectivity index (χ2n) is 5.75. The summed E-state index contributed by atoms with van der Waals surface area (Å²) >= 11 is 0. The number of rotatable bonds is 4. The number of hydrogen-bond donors (Lipinski definition) is 1. The van der Waals surface area contributed by atoms with Gasteiger partial charge in [0.1, 0.15) is 0 Å². The fourth-order valence-corrected chi connectivity index (χ4v) is 3.33. The van der Waals surface area contributed by atoms with Crippen LogP contribution in [0.15, 0.2) is 21.6 Å². The molecule has 6 nitrogen and oxygen atoms in total. The molecule has 0 radical (unpaired) electrons. The molecule has 1 aliphatic rings. The van der Waals surface area contributed by atoms with Gasteiger partial charge in [0.2, 0.25) is 5.09 Å². The molecule has 0 aromatic carbocycles. The second kappa shape index (κ2) is 6.19. The maximum atomic E-state index is 12.2. The van der Waals surface area contributed by atoms with Crippen molar-refractivity contribution in [1.82, 2.24) is 9.62 Å². The maximum Gasteiger partial charge on any atom is 0.287 e. The van der Waals surface area contributed by atoms with Crippen molar-refractivity contribution >= 4 is 15.9 Å². The Kier molecular flexibility index (Phi) is 4.73. The summed E-state index contributed by atoms with van der Waals surface area (Å²) in [6.45, 7) is 2.12. The molecule has 0 aliphatic heterocycles. The molecular formula is C14H22N2O4S. The van der Waals surface area contributed by atoms with E-state index in [0.29, 0.717) is 5.92 Å². The van der Waals surface area contributed by atoms with Gasteiger partial charge in [-0.15, -0.1) is 0 Å². The number of nitrogens with one attached hydrogen (secondary N) is 1. The summed E-state index contributed by atoms with van der Waals surface area (Å²) in [6, 6.07) is 2.85. The van der Waals surface area contributed by atoms with Gasteiger partial charge in [0.15, 0.2) is 5.76 Å². The lowest BCUT2D eigenvalue weighted by atomic mass is 9.86. The summed E-state index contributed by atoms with van der Waals surface area (Å²) in [4.78, 5) is 12.2. The Bertz CT molecular complexity index is 606. The minimum absolute atomic E-state index is 0.0354. The molecular weight excluding hydrogens is 292 g/mol. The normalized spacial score (nSPS) is 23.2. The highest BCUT2D eigenvalue weighted by molar-refractivity contribution is 7.88. The van der Waals surface area contributed by atoms with Gasteiger partial charge in [-0.1, -0.05) is 19.8 Å². The number of amides is 1. The first-order valence-corrected chi connectivity index (χ1v) is 8.59. The van der Waals surface area contributed by atoms with Gasteiger partial charge in [-0.2, -0.15) is 0 Å². The standard InChI is InChI=1S/C14H22N2O4S/c1-10-6-4-5-7-11(10)15-14(17)12-8-9-13(20-12)21(18,19)16(2)3/h8-11H,4-7H2,1-3H3,(H,15,17)/t10-,11-/m1/s1. The zero-order valence-corrected chi connectivity index (χ0v) is 13.4. The Hall–Kier alpha value is -1.34. The first-order valence-electron chi connectivity index (χ1n) is 7.15. The molecule has 0 unspecified atom stereocenters. The summed E-state index contributed by atoms with van der Waals surface area (Å²) in [5.74, 6) is 0.116. The first-order chi connectivity index (χ1) is 9.82. The molecule has 1 aliphatic carbocycles. The highest BCUT2D eigenvalue weighted by atomic mass is 32.2. The van der Waals surface area contributed by atoms with Crippen LogP contribution in [0.2, 0.25) is 0 Å². The van der Waals surface area contributed by atoms with Crippen molar-refractivity contribution in [3.63, 3.8) is 0 Å². The Morgan fingerprint density at radius 2 is 1.95 bits per heavy atom. The molecule has 7 heteroatoms. The van der Waals surface area contributed by atoms with Gasteiger partial charge >= 0.3 is 0 Å². The fourth-order valence-electron chi connectivity index (χ4n) is 2.53. The Morgan fingerprint density at radius 1 is 1.29 bits per heavy atom. The predicted molar refractivity (Wildman–Crippen MR) is 78.5 cm³/mol. The predicted octanol–water partition coefficient (Wildman–Crippen LogP) is 1.84. The molecule has 2 atom stereocenters. The van der Waals surface area contributed by atoms with E-state index in [0.717, 1.165) is 23.6 Å². The smallest absolute Gasteiger partial charge is 0.287 e. The van der Waals surface area contributed by atoms with Gasteiger partial charge in [0.05, 0.1) is 0 Å². The van der Waals surface area contributed by atoms with E-state index in [1.54, 1.807) is 0 Å². The third-order valence-corrected chi connectivity index (χ3v) is 5.66. The highest BCUT2D eigenvalue weighted by Gasteiger charge is 2.26. The molecule has 1 N–H and O–H groups in total. The van der Waals surface area contributed by atoms with Gasteiger partial charge < -0.3 is 9.73 Å². The van der Waals surface area contributed by atoms with Crippen LogP contribution in [0.1, 0.15) is 43.2 Å². The summed E-state index contributed by atoms with van der Waals surface area (Å²) in [6.07, 6.45) is 4.35. The molecule has 0 saturated heterocycles. The monoisotopic (exact) mass is 314 g/mol. The Morgan fingerprint density at radius 3 is 2.57 bits per heavy atom. The largest absolute Gasteiger partial charge is 0.438 e. The molecule has 1 aromatic heterocycles. The maximum absolute atomic E-state index is 12.2. The lowest BCUT2D eigenvalue weighted by molar-refractivity contribution is 0.0876. The molecule has 2 rings (SSSR count).